The molecule has 0 N–H and O–H groups in total. The Kier molecular flexibility index (Phi) is 12.9. The molecule has 0 amide bonds. The van der Waals surface area contributed by atoms with Gasteiger partial charge in [-0.25, -0.2) is 4.98 Å². The van der Waals surface area contributed by atoms with Crippen LogP contribution in [0.15, 0.2) is 12.2 Å². The lowest BCUT2D eigenvalue weighted by atomic mass is 10.4. The van der Waals surface area contributed by atoms with Gasteiger partial charge in [0.25, 0.3) is 0 Å². The fourth-order valence-electron chi connectivity index (χ4n) is 1.43. The lowest BCUT2D eigenvalue weighted by Crippen LogP contribution is -2.28. The summed E-state index contributed by atoms with van der Waals surface area (Å²) in [5.41, 5.74) is 0. The number of allylic oxidation sites excluding steroid dienone is 2. The molecule has 2 nitrogen and oxygen atoms in total. The van der Waals surface area contributed by atoms with Gasteiger partial charge in [-0.1, -0.05) is 59.8 Å². The number of aryl methyl sites for hydroxylation is 1. The summed E-state index contributed by atoms with van der Waals surface area (Å²) >= 11 is 0. The van der Waals surface area contributed by atoms with E-state index in [0.717, 1.165) is 17.6 Å². The molecule has 104 valence electrons. The van der Waals surface area contributed by atoms with Crippen LogP contribution in [0.3, 0.4) is 0 Å². The third-order valence-electron chi connectivity index (χ3n) is 2.23. The van der Waals surface area contributed by atoms with E-state index in [-0.39, 0.29) is 0 Å². The molecule has 2 heteroatoms. The largest absolute Gasteiger partial charge is 0.332 e. The van der Waals surface area contributed by atoms with Gasteiger partial charge in [0.1, 0.15) is 5.82 Å². The molecule has 0 bridgehead atoms. The molecule has 0 radical (unpaired) electrons. The van der Waals surface area contributed by atoms with Crippen LogP contribution >= 0.6 is 0 Å². The fraction of sp³-hybridized carbons (Fsp3) is 0.562. The smallest absolute Gasteiger partial charge is 0.106 e. The van der Waals surface area contributed by atoms with E-state index in [4.69, 9.17) is 0 Å². The zero-order chi connectivity index (χ0) is 14.6. The second kappa shape index (κ2) is 12.2. The first-order valence-corrected chi connectivity index (χ1v) is 7.15. The monoisotopic (exact) mass is 250 g/mol. The molecule has 1 aromatic heterocycles. The lowest BCUT2D eigenvalue weighted by molar-refractivity contribution is 0.831. The number of rotatable bonds is 0. The van der Waals surface area contributed by atoms with Crippen molar-refractivity contribution in [2.24, 2.45) is 7.05 Å². The zero-order valence-electron chi connectivity index (χ0n) is 13.4. The Hall–Kier alpha value is -1.31. The summed E-state index contributed by atoms with van der Waals surface area (Å²) in [5, 5.41) is 2.32. The van der Waals surface area contributed by atoms with Crippen molar-refractivity contribution in [1.82, 2.24) is 9.55 Å². The fourth-order valence-corrected chi connectivity index (χ4v) is 1.43. The summed E-state index contributed by atoms with van der Waals surface area (Å²) in [4.78, 5) is 4.44. The highest BCUT2D eigenvalue weighted by atomic mass is 15.0. The molecule has 2 rings (SSSR count). The van der Waals surface area contributed by atoms with E-state index in [1.165, 1.54) is 5.35 Å². The topological polar surface area (TPSA) is 17.8 Å². The van der Waals surface area contributed by atoms with E-state index in [1.54, 1.807) is 0 Å². The van der Waals surface area contributed by atoms with Crippen molar-refractivity contribution in [2.45, 2.75) is 54.9 Å². The molecule has 0 atom stereocenters. The summed E-state index contributed by atoms with van der Waals surface area (Å²) in [5.74, 6) is 1.07. The molecule has 1 aliphatic rings. The van der Waals surface area contributed by atoms with Gasteiger partial charge in [0.05, 0.1) is 10.7 Å². The van der Waals surface area contributed by atoms with Crippen molar-refractivity contribution < 1.29 is 0 Å². The highest BCUT2D eigenvalue weighted by Crippen LogP contribution is 1.89. The van der Waals surface area contributed by atoms with Crippen molar-refractivity contribution in [2.75, 3.05) is 0 Å². The van der Waals surface area contributed by atoms with Crippen LogP contribution in [0, 0.1) is 6.92 Å². The number of nitrogens with zero attached hydrogens (tertiary/aromatic N) is 2. The SMILES string of the molecule is CC.CC.CC.Cc1nc2c(n1C)=CCC=CC=2. The van der Waals surface area contributed by atoms with Crippen LogP contribution in [0.1, 0.15) is 53.8 Å². The molecule has 0 saturated heterocycles. The Labute approximate surface area is 113 Å². The maximum atomic E-state index is 4.44. The van der Waals surface area contributed by atoms with Crippen LogP contribution in [0.25, 0.3) is 12.2 Å². The van der Waals surface area contributed by atoms with Crippen LogP contribution < -0.4 is 10.7 Å². The highest BCUT2D eigenvalue weighted by Gasteiger charge is 1.98. The van der Waals surface area contributed by atoms with Crippen molar-refractivity contribution in [3.8, 4) is 0 Å². The van der Waals surface area contributed by atoms with E-state index >= 15 is 0 Å². The van der Waals surface area contributed by atoms with Gasteiger partial charge in [-0.05, 0) is 19.4 Å². The first kappa shape index (κ1) is 19.0. The molecule has 18 heavy (non-hydrogen) atoms. The Morgan fingerprint density at radius 3 is 2.17 bits per heavy atom. The standard InChI is InChI=1S/C10H12N2.3C2H6/c1-8-11-9-6-4-3-5-7-10(9)12(8)2;3*1-2/h3-4,6-7H,5H2,1-2H3;3*1-2H3. The normalized spacial score (nSPS) is 10.7. The van der Waals surface area contributed by atoms with Crippen molar-refractivity contribution in [1.29, 1.82) is 0 Å². The first-order valence-electron chi connectivity index (χ1n) is 7.15. The predicted molar refractivity (Wildman–Crippen MR) is 83.9 cm³/mol. The highest BCUT2D eigenvalue weighted by molar-refractivity contribution is 5.41. The average Bonchev–Trinajstić information content (AvgIpc) is 2.65. The zero-order valence-corrected chi connectivity index (χ0v) is 13.4. The molecule has 0 saturated carbocycles. The summed E-state index contributed by atoms with van der Waals surface area (Å²) in [6.45, 7) is 14.0. The number of aromatic nitrogens is 2. The Morgan fingerprint density at radius 1 is 1.06 bits per heavy atom. The van der Waals surface area contributed by atoms with Gasteiger partial charge < -0.3 is 4.57 Å². The van der Waals surface area contributed by atoms with Crippen LogP contribution in [-0.4, -0.2) is 9.55 Å². The molecule has 0 unspecified atom stereocenters. The van der Waals surface area contributed by atoms with Crippen molar-refractivity contribution in [3.05, 3.63) is 28.7 Å². The predicted octanol–water partition coefficient (Wildman–Crippen LogP) is 3.33. The Balaban J connectivity index is 0. The maximum absolute atomic E-state index is 4.44. The second-order valence-corrected chi connectivity index (χ2v) is 3.02. The summed E-state index contributed by atoms with van der Waals surface area (Å²) in [6, 6.07) is 0. The molecular weight excluding hydrogens is 220 g/mol. The summed E-state index contributed by atoms with van der Waals surface area (Å²) in [6.07, 6.45) is 9.47. The number of hydrogen-bond donors (Lipinski definition) is 0. The third-order valence-corrected chi connectivity index (χ3v) is 2.23. The minimum absolute atomic E-state index is 1.00. The van der Waals surface area contributed by atoms with Crippen LogP contribution in [0.2, 0.25) is 0 Å². The number of imidazole rings is 1. The average molecular weight is 250 g/mol. The molecule has 0 aromatic carbocycles. The van der Waals surface area contributed by atoms with Crippen molar-refractivity contribution >= 4 is 12.2 Å². The maximum Gasteiger partial charge on any atom is 0.106 e. The number of hydrogen-bond acceptors (Lipinski definition) is 1. The summed E-state index contributed by atoms with van der Waals surface area (Å²) < 4.78 is 2.12. The van der Waals surface area contributed by atoms with Gasteiger partial charge in [-0.3, -0.25) is 0 Å². The summed E-state index contributed by atoms with van der Waals surface area (Å²) in [7, 11) is 2.05. The second-order valence-electron chi connectivity index (χ2n) is 3.02. The van der Waals surface area contributed by atoms with E-state index in [2.05, 4.69) is 40.9 Å². The minimum Gasteiger partial charge on any atom is -0.332 e. The Bertz CT molecular complexity index is 436. The molecule has 0 aliphatic heterocycles. The van der Waals surface area contributed by atoms with Crippen LogP contribution in [-0.2, 0) is 7.05 Å². The van der Waals surface area contributed by atoms with E-state index < -0.39 is 0 Å². The lowest BCUT2D eigenvalue weighted by Gasteiger charge is -1.92. The third kappa shape index (κ3) is 5.35. The molecule has 0 fully saturated rings. The number of fused-ring (bicyclic) bond motifs is 1. The van der Waals surface area contributed by atoms with Gasteiger partial charge in [0, 0.05) is 7.05 Å². The van der Waals surface area contributed by atoms with E-state index in [9.17, 15) is 0 Å². The van der Waals surface area contributed by atoms with Crippen molar-refractivity contribution in [3.63, 3.8) is 0 Å². The van der Waals surface area contributed by atoms with Gasteiger partial charge in [-0.15, -0.1) is 0 Å². The quantitative estimate of drug-likeness (QED) is 0.690. The molecule has 1 heterocycles. The van der Waals surface area contributed by atoms with Gasteiger partial charge in [0.15, 0.2) is 0 Å². The molecular formula is C16H30N2. The first-order chi connectivity index (χ1) is 8.79. The molecule has 1 aliphatic carbocycles. The van der Waals surface area contributed by atoms with Crippen LogP contribution in [0.5, 0.6) is 0 Å². The van der Waals surface area contributed by atoms with Gasteiger partial charge >= 0.3 is 0 Å². The molecule has 0 spiro atoms. The van der Waals surface area contributed by atoms with E-state index in [1.807, 2.05) is 48.5 Å². The van der Waals surface area contributed by atoms with Crippen LogP contribution in [0.4, 0.5) is 0 Å². The van der Waals surface area contributed by atoms with E-state index in [0.29, 0.717) is 0 Å². The van der Waals surface area contributed by atoms with Gasteiger partial charge in [0.2, 0.25) is 0 Å². The Morgan fingerprint density at radius 2 is 1.61 bits per heavy atom. The molecule has 1 aromatic rings. The minimum atomic E-state index is 1.00. The van der Waals surface area contributed by atoms with Gasteiger partial charge in [-0.2, -0.15) is 0 Å².